The lowest BCUT2D eigenvalue weighted by Crippen LogP contribution is -2.30. The van der Waals surface area contributed by atoms with Crippen molar-refractivity contribution >= 4 is 29.1 Å². The molecular formula is C20H17Cl2N3O2. The molecule has 0 bridgehead atoms. The highest BCUT2D eigenvalue weighted by atomic mass is 35.5. The molecule has 3 aromatic rings. The molecule has 2 aromatic carbocycles. The van der Waals surface area contributed by atoms with Gasteiger partial charge in [0, 0.05) is 17.7 Å². The molecule has 0 N–H and O–H groups in total. The van der Waals surface area contributed by atoms with E-state index in [4.69, 9.17) is 27.7 Å². The predicted molar refractivity (Wildman–Crippen MR) is 106 cm³/mol. The van der Waals surface area contributed by atoms with Gasteiger partial charge in [0.15, 0.2) is 0 Å². The largest absolute Gasteiger partial charge is 0.337 e. The molecule has 0 aliphatic carbocycles. The molecule has 1 amide bonds. The van der Waals surface area contributed by atoms with E-state index in [2.05, 4.69) is 16.7 Å². The summed E-state index contributed by atoms with van der Waals surface area (Å²) in [4.78, 5) is 18.8. The Kier molecular flexibility index (Phi) is 5.94. The van der Waals surface area contributed by atoms with Crippen molar-refractivity contribution in [2.45, 2.75) is 13.5 Å². The second-order valence-electron chi connectivity index (χ2n) is 5.98. The number of carbonyl (C=O) groups is 1. The van der Waals surface area contributed by atoms with E-state index in [1.165, 1.54) is 6.07 Å². The molecule has 0 aliphatic heterocycles. The lowest BCUT2D eigenvalue weighted by Gasteiger charge is -2.19. The van der Waals surface area contributed by atoms with Crippen LogP contribution >= 0.6 is 23.2 Å². The van der Waals surface area contributed by atoms with Crippen molar-refractivity contribution in [3.8, 4) is 11.4 Å². The third-order valence-corrected chi connectivity index (χ3v) is 4.61. The van der Waals surface area contributed by atoms with Crippen molar-refractivity contribution in [3.05, 3.63) is 82.2 Å². The second-order valence-corrected chi connectivity index (χ2v) is 6.80. The molecule has 3 rings (SSSR count). The van der Waals surface area contributed by atoms with Gasteiger partial charge in [0.1, 0.15) is 6.54 Å². The van der Waals surface area contributed by atoms with Crippen LogP contribution < -0.4 is 0 Å². The molecule has 1 heterocycles. The van der Waals surface area contributed by atoms with Crippen molar-refractivity contribution in [1.82, 2.24) is 15.0 Å². The molecular weight excluding hydrogens is 385 g/mol. The molecule has 0 atom stereocenters. The molecule has 27 heavy (non-hydrogen) atoms. The number of carbonyl (C=O) groups excluding carboxylic acids is 1. The Morgan fingerprint density at radius 1 is 1.22 bits per heavy atom. The first kappa shape index (κ1) is 19.1. The summed E-state index contributed by atoms with van der Waals surface area (Å²) < 4.78 is 5.33. The standard InChI is InChI=1S/C20H17Cl2N3O2/c1-3-9-25(20(26)15-7-8-16(21)17(22)11-15)12-18-23-19(24-27-18)14-6-4-5-13(2)10-14/h3-8,10-11H,1,9,12H2,2H3. The molecule has 0 spiro atoms. The van der Waals surface area contributed by atoms with Gasteiger partial charge in [-0.15, -0.1) is 6.58 Å². The Labute approximate surface area is 167 Å². The van der Waals surface area contributed by atoms with E-state index in [-0.39, 0.29) is 12.5 Å². The minimum atomic E-state index is -0.233. The molecule has 0 saturated heterocycles. The van der Waals surface area contributed by atoms with E-state index in [0.717, 1.165) is 11.1 Å². The van der Waals surface area contributed by atoms with Gasteiger partial charge in [0.05, 0.1) is 10.0 Å². The number of amides is 1. The van der Waals surface area contributed by atoms with E-state index in [0.29, 0.717) is 33.9 Å². The summed E-state index contributed by atoms with van der Waals surface area (Å²) in [5.41, 5.74) is 2.38. The zero-order valence-electron chi connectivity index (χ0n) is 14.7. The molecule has 0 aliphatic rings. The number of aryl methyl sites for hydroxylation is 1. The highest BCUT2D eigenvalue weighted by Gasteiger charge is 2.19. The van der Waals surface area contributed by atoms with Gasteiger partial charge in [-0.25, -0.2) is 0 Å². The maximum atomic E-state index is 12.8. The van der Waals surface area contributed by atoms with Crippen LogP contribution in [0.1, 0.15) is 21.8 Å². The molecule has 0 radical (unpaired) electrons. The Balaban J connectivity index is 1.81. The molecule has 0 fully saturated rings. The highest BCUT2D eigenvalue weighted by molar-refractivity contribution is 6.42. The molecule has 0 unspecified atom stereocenters. The fourth-order valence-corrected chi connectivity index (χ4v) is 2.87. The smallest absolute Gasteiger partial charge is 0.254 e. The lowest BCUT2D eigenvalue weighted by molar-refractivity contribution is 0.0745. The number of nitrogens with zero attached hydrogens (tertiary/aromatic N) is 3. The van der Waals surface area contributed by atoms with E-state index in [1.54, 1.807) is 23.1 Å². The van der Waals surface area contributed by atoms with Gasteiger partial charge < -0.3 is 9.42 Å². The van der Waals surface area contributed by atoms with Gasteiger partial charge in [-0.05, 0) is 31.2 Å². The molecule has 1 aromatic heterocycles. The van der Waals surface area contributed by atoms with Gasteiger partial charge in [-0.2, -0.15) is 4.98 Å². The number of hydrogen-bond acceptors (Lipinski definition) is 4. The first-order chi connectivity index (χ1) is 13.0. The number of rotatable bonds is 6. The van der Waals surface area contributed by atoms with Crippen molar-refractivity contribution in [2.75, 3.05) is 6.54 Å². The Morgan fingerprint density at radius 3 is 2.74 bits per heavy atom. The van der Waals surface area contributed by atoms with Crippen molar-refractivity contribution < 1.29 is 9.32 Å². The Bertz CT molecular complexity index is 985. The first-order valence-corrected chi connectivity index (χ1v) is 8.98. The van der Waals surface area contributed by atoms with Crippen molar-refractivity contribution in [3.63, 3.8) is 0 Å². The SMILES string of the molecule is C=CCN(Cc1nc(-c2cccc(C)c2)no1)C(=O)c1ccc(Cl)c(Cl)c1. The monoisotopic (exact) mass is 401 g/mol. The summed E-state index contributed by atoms with van der Waals surface area (Å²) in [7, 11) is 0. The average molecular weight is 402 g/mol. The molecule has 0 saturated carbocycles. The second kappa shape index (κ2) is 8.37. The summed E-state index contributed by atoms with van der Waals surface area (Å²) in [5.74, 6) is 0.583. The van der Waals surface area contributed by atoms with Gasteiger partial charge in [0.25, 0.3) is 5.91 Å². The predicted octanol–water partition coefficient (Wildman–Crippen LogP) is 5.18. The zero-order chi connectivity index (χ0) is 19.4. The van der Waals surface area contributed by atoms with E-state index < -0.39 is 0 Å². The average Bonchev–Trinajstić information content (AvgIpc) is 3.12. The quantitative estimate of drug-likeness (QED) is 0.533. The summed E-state index contributed by atoms with van der Waals surface area (Å²) in [6, 6.07) is 12.5. The Hall–Kier alpha value is -2.63. The van der Waals surface area contributed by atoms with Crippen LogP contribution in [-0.2, 0) is 6.54 Å². The number of hydrogen-bond donors (Lipinski definition) is 0. The molecule has 5 nitrogen and oxygen atoms in total. The first-order valence-electron chi connectivity index (χ1n) is 8.23. The van der Waals surface area contributed by atoms with Crippen molar-refractivity contribution in [1.29, 1.82) is 0 Å². The minimum absolute atomic E-state index is 0.157. The third kappa shape index (κ3) is 4.56. The minimum Gasteiger partial charge on any atom is -0.337 e. The third-order valence-electron chi connectivity index (χ3n) is 3.87. The topological polar surface area (TPSA) is 59.2 Å². The number of halogens is 2. The van der Waals surface area contributed by atoms with E-state index in [9.17, 15) is 4.79 Å². The maximum Gasteiger partial charge on any atom is 0.254 e. The molecule has 7 heteroatoms. The van der Waals surface area contributed by atoms with Crippen LogP contribution in [0.4, 0.5) is 0 Å². The van der Waals surface area contributed by atoms with Crippen LogP contribution in [-0.4, -0.2) is 27.5 Å². The Morgan fingerprint density at radius 2 is 2.04 bits per heavy atom. The fraction of sp³-hybridized carbons (Fsp3) is 0.150. The highest BCUT2D eigenvalue weighted by Crippen LogP contribution is 2.24. The van der Waals surface area contributed by atoms with Crippen LogP contribution in [0.15, 0.2) is 59.6 Å². The van der Waals surface area contributed by atoms with Crippen LogP contribution in [0, 0.1) is 6.92 Å². The van der Waals surface area contributed by atoms with Crippen LogP contribution in [0.5, 0.6) is 0 Å². The summed E-state index contributed by atoms with van der Waals surface area (Å²) >= 11 is 11.9. The summed E-state index contributed by atoms with van der Waals surface area (Å²) in [5, 5.41) is 4.72. The number of aromatic nitrogens is 2. The lowest BCUT2D eigenvalue weighted by atomic mass is 10.1. The summed E-state index contributed by atoms with van der Waals surface area (Å²) in [6.07, 6.45) is 1.63. The normalized spacial score (nSPS) is 10.6. The van der Waals surface area contributed by atoms with E-state index in [1.807, 2.05) is 31.2 Å². The maximum absolute atomic E-state index is 12.8. The summed E-state index contributed by atoms with van der Waals surface area (Å²) in [6.45, 7) is 6.17. The molecule has 138 valence electrons. The van der Waals surface area contributed by atoms with E-state index >= 15 is 0 Å². The fourth-order valence-electron chi connectivity index (χ4n) is 2.57. The van der Waals surface area contributed by atoms with Gasteiger partial charge >= 0.3 is 0 Å². The van der Waals surface area contributed by atoms with Crippen molar-refractivity contribution in [2.24, 2.45) is 0 Å². The van der Waals surface area contributed by atoms with Crippen LogP contribution in [0.25, 0.3) is 11.4 Å². The van der Waals surface area contributed by atoms with Gasteiger partial charge in [0.2, 0.25) is 11.7 Å². The zero-order valence-corrected chi connectivity index (χ0v) is 16.2. The van der Waals surface area contributed by atoms with Crippen LogP contribution in [0.3, 0.4) is 0 Å². The van der Waals surface area contributed by atoms with Gasteiger partial charge in [-0.1, -0.05) is 58.2 Å². The number of benzene rings is 2. The van der Waals surface area contributed by atoms with Gasteiger partial charge in [-0.3, -0.25) is 4.79 Å². The van der Waals surface area contributed by atoms with Crippen LogP contribution in [0.2, 0.25) is 10.0 Å².